The van der Waals surface area contributed by atoms with E-state index in [1.807, 2.05) is 51.1 Å². The minimum Gasteiger partial charge on any atom is -0.456 e. The van der Waals surface area contributed by atoms with Crippen LogP contribution in [0, 0.1) is 22.5 Å². The Hall–Kier alpha value is -3.91. The summed E-state index contributed by atoms with van der Waals surface area (Å²) < 4.78 is 32.0. The van der Waals surface area contributed by atoms with E-state index in [9.17, 15) is 14.7 Å². The van der Waals surface area contributed by atoms with Gasteiger partial charge in [-0.25, -0.2) is 0 Å². The molecule has 0 amide bonds. The molecule has 0 aliphatic carbocycles. The molecule has 0 spiro atoms. The SMILES string of the molecule is Cc1ccc(/C(=C2\C=Cc3cc(N=Nc4ccc([N+](=O)[O-])cc4)ccc3O2)P2(=O)OCC(C)(C)CO2)cc1. The Labute approximate surface area is 220 Å². The molecule has 0 N–H and O–H groups in total. The first-order valence-corrected chi connectivity index (χ1v) is 13.5. The molecule has 0 aromatic heterocycles. The van der Waals surface area contributed by atoms with Gasteiger partial charge in [0, 0.05) is 23.1 Å². The number of azo groups is 1. The van der Waals surface area contributed by atoms with Crippen LogP contribution in [-0.2, 0) is 13.6 Å². The molecule has 1 saturated heterocycles. The Balaban J connectivity index is 1.45. The Morgan fingerprint density at radius 1 is 0.921 bits per heavy atom. The Bertz CT molecular complexity index is 1510. The van der Waals surface area contributed by atoms with Crippen molar-refractivity contribution in [1.29, 1.82) is 0 Å². The highest BCUT2D eigenvalue weighted by molar-refractivity contribution is 7.65. The monoisotopic (exact) mass is 531 g/mol. The number of fused-ring (bicyclic) bond motifs is 1. The number of aryl methyl sites for hydroxylation is 1. The minimum absolute atomic E-state index is 0.0103. The predicted octanol–water partition coefficient (Wildman–Crippen LogP) is 8.36. The number of hydrogen-bond donors (Lipinski definition) is 0. The molecule has 3 aromatic carbocycles. The lowest BCUT2D eigenvalue weighted by molar-refractivity contribution is -0.384. The van der Waals surface area contributed by atoms with Gasteiger partial charge in [-0.2, -0.15) is 10.2 Å². The molecule has 0 radical (unpaired) electrons. The number of benzene rings is 3. The lowest BCUT2D eigenvalue weighted by Gasteiger charge is -2.35. The summed E-state index contributed by atoms with van der Waals surface area (Å²) in [6.45, 7) is 6.59. The van der Waals surface area contributed by atoms with E-state index in [0.717, 1.165) is 11.1 Å². The summed E-state index contributed by atoms with van der Waals surface area (Å²) in [5, 5.41) is 19.6. The first-order chi connectivity index (χ1) is 18.1. The number of nitro benzene ring substituents is 1. The molecule has 0 unspecified atom stereocenters. The van der Waals surface area contributed by atoms with Crippen molar-refractivity contribution in [2.75, 3.05) is 13.2 Å². The van der Waals surface area contributed by atoms with Crippen LogP contribution >= 0.6 is 7.60 Å². The summed E-state index contributed by atoms with van der Waals surface area (Å²) in [7, 11) is -3.66. The van der Waals surface area contributed by atoms with Crippen molar-refractivity contribution in [2.24, 2.45) is 15.6 Å². The minimum atomic E-state index is -3.66. The number of non-ortho nitro benzene ring substituents is 1. The number of ether oxygens (including phenoxy) is 1. The van der Waals surface area contributed by atoms with E-state index >= 15 is 0 Å². The van der Waals surface area contributed by atoms with Crippen molar-refractivity contribution in [3.8, 4) is 5.75 Å². The van der Waals surface area contributed by atoms with Crippen LogP contribution in [0.15, 0.2) is 88.8 Å². The maximum atomic E-state index is 14.0. The van der Waals surface area contributed by atoms with Gasteiger partial charge in [0.15, 0.2) is 0 Å². The topological polar surface area (TPSA) is 113 Å². The highest BCUT2D eigenvalue weighted by Crippen LogP contribution is 2.65. The largest absolute Gasteiger partial charge is 0.456 e. The molecule has 0 bridgehead atoms. The van der Waals surface area contributed by atoms with Crippen molar-refractivity contribution in [3.63, 3.8) is 0 Å². The molecule has 2 heterocycles. The highest BCUT2D eigenvalue weighted by Gasteiger charge is 2.42. The highest BCUT2D eigenvalue weighted by atomic mass is 31.2. The van der Waals surface area contributed by atoms with Crippen LogP contribution in [-0.4, -0.2) is 18.1 Å². The first-order valence-electron chi connectivity index (χ1n) is 12.0. The van der Waals surface area contributed by atoms with Crippen molar-refractivity contribution < 1.29 is 23.3 Å². The van der Waals surface area contributed by atoms with Crippen molar-refractivity contribution in [2.45, 2.75) is 20.8 Å². The van der Waals surface area contributed by atoms with Crippen LogP contribution in [0.5, 0.6) is 5.75 Å². The summed E-state index contributed by atoms with van der Waals surface area (Å²) >= 11 is 0. The molecule has 194 valence electrons. The molecule has 0 atom stereocenters. The summed E-state index contributed by atoms with van der Waals surface area (Å²) in [4.78, 5) is 10.4. The average Bonchev–Trinajstić information content (AvgIpc) is 2.91. The van der Waals surface area contributed by atoms with E-state index in [2.05, 4.69) is 10.2 Å². The van der Waals surface area contributed by atoms with Crippen LogP contribution in [0.3, 0.4) is 0 Å². The fourth-order valence-corrected chi connectivity index (χ4v) is 6.12. The van der Waals surface area contributed by atoms with Gasteiger partial charge in [-0.05, 0) is 55.0 Å². The molecular weight excluding hydrogens is 505 g/mol. The van der Waals surface area contributed by atoms with Gasteiger partial charge in [0.2, 0.25) is 0 Å². The fourth-order valence-electron chi connectivity index (χ4n) is 3.90. The van der Waals surface area contributed by atoms with Gasteiger partial charge in [0.05, 0.1) is 29.5 Å². The second-order valence-electron chi connectivity index (χ2n) is 9.92. The zero-order valence-electron chi connectivity index (χ0n) is 21.2. The quantitative estimate of drug-likeness (QED) is 0.141. The van der Waals surface area contributed by atoms with Gasteiger partial charge >= 0.3 is 7.60 Å². The molecule has 38 heavy (non-hydrogen) atoms. The van der Waals surface area contributed by atoms with E-state index in [1.165, 1.54) is 24.3 Å². The number of nitro groups is 1. The maximum absolute atomic E-state index is 14.0. The molecular formula is C28H26N3O6P. The van der Waals surface area contributed by atoms with Gasteiger partial charge in [-0.1, -0.05) is 43.7 Å². The Morgan fingerprint density at radius 3 is 2.21 bits per heavy atom. The molecule has 5 rings (SSSR count). The van der Waals surface area contributed by atoms with Gasteiger partial charge in [0.1, 0.15) is 16.8 Å². The van der Waals surface area contributed by atoms with E-state index in [0.29, 0.717) is 47.0 Å². The van der Waals surface area contributed by atoms with Gasteiger partial charge < -0.3 is 13.8 Å². The van der Waals surface area contributed by atoms with E-state index < -0.39 is 12.5 Å². The third-order valence-electron chi connectivity index (χ3n) is 6.05. The normalized spacial score (nSPS) is 19.0. The summed E-state index contributed by atoms with van der Waals surface area (Å²) in [5.41, 5.74) is 3.36. The van der Waals surface area contributed by atoms with Crippen molar-refractivity contribution >= 4 is 36.0 Å². The zero-order chi connectivity index (χ0) is 26.9. The third kappa shape index (κ3) is 5.50. The van der Waals surface area contributed by atoms with Crippen LogP contribution in [0.2, 0.25) is 0 Å². The molecule has 0 saturated carbocycles. The van der Waals surface area contributed by atoms with Gasteiger partial charge in [-0.15, -0.1) is 0 Å². The van der Waals surface area contributed by atoms with Gasteiger partial charge in [0.25, 0.3) is 5.69 Å². The van der Waals surface area contributed by atoms with Crippen LogP contribution in [0.1, 0.15) is 30.5 Å². The first kappa shape index (κ1) is 25.7. The Morgan fingerprint density at radius 2 is 1.55 bits per heavy atom. The lowest BCUT2D eigenvalue weighted by Crippen LogP contribution is -2.29. The van der Waals surface area contributed by atoms with E-state index in [-0.39, 0.29) is 11.1 Å². The lowest BCUT2D eigenvalue weighted by atomic mass is 9.97. The second-order valence-corrected chi connectivity index (χ2v) is 11.9. The molecule has 1 fully saturated rings. The predicted molar refractivity (Wildman–Crippen MR) is 145 cm³/mol. The standard InChI is InChI=1S/C28H26N3O6P/c1-19-4-6-20(7-5-19)27(38(34)35-17-28(2,3)18-36-38)26-14-8-21-16-23(11-15-25(21)37-26)30-29-22-9-12-24(13-10-22)31(32)33/h4-16H,17-18H2,1-3H3/b27-26-,30-29?. The van der Waals surface area contributed by atoms with Gasteiger partial charge in [-0.3, -0.25) is 14.7 Å². The molecule has 3 aromatic rings. The number of allylic oxidation sites excluding steroid dienone is 1. The van der Waals surface area contributed by atoms with Crippen LogP contribution in [0.25, 0.3) is 11.4 Å². The zero-order valence-corrected chi connectivity index (χ0v) is 22.1. The summed E-state index contributed by atoms with van der Waals surface area (Å²) in [6, 6.07) is 18.8. The Kier molecular flexibility index (Phi) is 6.84. The van der Waals surface area contributed by atoms with Crippen LogP contribution in [0.4, 0.5) is 17.1 Å². The number of hydrogen-bond acceptors (Lipinski definition) is 8. The van der Waals surface area contributed by atoms with Crippen molar-refractivity contribution in [1.82, 2.24) is 0 Å². The third-order valence-corrected chi connectivity index (χ3v) is 8.02. The summed E-state index contributed by atoms with van der Waals surface area (Å²) in [5.74, 6) is 0.954. The van der Waals surface area contributed by atoms with E-state index in [4.69, 9.17) is 13.8 Å². The average molecular weight is 532 g/mol. The molecule has 9 nitrogen and oxygen atoms in total. The van der Waals surface area contributed by atoms with Crippen molar-refractivity contribution in [3.05, 3.63) is 105 Å². The smallest absolute Gasteiger partial charge is 0.365 e. The molecule has 2 aliphatic heterocycles. The fraction of sp³-hybridized carbons (Fsp3) is 0.214. The summed E-state index contributed by atoms with van der Waals surface area (Å²) in [6.07, 6.45) is 3.61. The number of nitrogens with zero attached hydrogens (tertiary/aromatic N) is 3. The second kappa shape index (κ2) is 10.1. The maximum Gasteiger partial charge on any atom is 0.365 e. The molecule has 2 aliphatic rings. The van der Waals surface area contributed by atoms with E-state index in [1.54, 1.807) is 24.3 Å². The van der Waals surface area contributed by atoms with Crippen LogP contribution < -0.4 is 4.74 Å². The molecule has 10 heteroatoms. The number of rotatable bonds is 5.